The predicted molar refractivity (Wildman–Crippen MR) is 112 cm³/mol. The molecule has 2 aromatic rings. The average molecular weight is 425 g/mol. The molecular formula is C20H25ClN2O4S. The minimum atomic E-state index is -3.69. The fourth-order valence-corrected chi connectivity index (χ4v) is 4.11. The minimum absolute atomic E-state index is 0.0471. The second-order valence-electron chi connectivity index (χ2n) is 6.75. The minimum Gasteiger partial charge on any atom is -0.491 e. The monoisotopic (exact) mass is 424 g/mol. The fraction of sp³-hybridized carbons (Fsp3) is 0.350. The van der Waals surface area contributed by atoms with E-state index in [2.05, 4.69) is 5.32 Å². The van der Waals surface area contributed by atoms with Gasteiger partial charge >= 0.3 is 0 Å². The highest BCUT2D eigenvalue weighted by Gasteiger charge is 2.29. The van der Waals surface area contributed by atoms with Crippen LogP contribution in [0.25, 0.3) is 0 Å². The highest BCUT2D eigenvalue weighted by atomic mass is 35.5. The summed E-state index contributed by atoms with van der Waals surface area (Å²) in [5.41, 5.74) is 1.19. The lowest BCUT2D eigenvalue weighted by atomic mass is 10.2. The number of carbonyl (C=O) groups excluding carboxylic acids is 1. The van der Waals surface area contributed by atoms with E-state index in [1.165, 1.54) is 13.0 Å². The number of hydrogen-bond acceptors (Lipinski definition) is 4. The summed E-state index contributed by atoms with van der Waals surface area (Å²) in [6.07, 6.45) is 1.11. The summed E-state index contributed by atoms with van der Waals surface area (Å²) in [6, 6.07) is 12.9. The van der Waals surface area contributed by atoms with E-state index in [0.717, 1.165) is 16.1 Å². The van der Waals surface area contributed by atoms with Crippen LogP contribution in [0.15, 0.2) is 48.5 Å². The van der Waals surface area contributed by atoms with Gasteiger partial charge in [0.15, 0.2) is 0 Å². The van der Waals surface area contributed by atoms with E-state index in [1.54, 1.807) is 18.2 Å². The van der Waals surface area contributed by atoms with Gasteiger partial charge in [-0.3, -0.25) is 9.10 Å². The van der Waals surface area contributed by atoms with Crippen LogP contribution in [0.5, 0.6) is 5.75 Å². The highest BCUT2D eigenvalue weighted by Crippen LogP contribution is 2.24. The van der Waals surface area contributed by atoms with Crippen LogP contribution < -0.4 is 14.4 Å². The Bertz CT molecular complexity index is 931. The van der Waals surface area contributed by atoms with Gasteiger partial charge in [0.05, 0.1) is 18.0 Å². The molecule has 0 saturated heterocycles. The van der Waals surface area contributed by atoms with E-state index in [4.69, 9.17) is 16.3 Å². The van der Waals surface area contributed by atoms with Gasteiger partial charge in [-0.05, 0) is 56.7 Å². The van der Waals surface area contributed by atoms with E-state index >= 15 is 0 Å². The van der Waals surface area contributed by atoms with Crippen LogP contribution in [-0.2, 0) is 21.4 Å². The lowest BCUT2D eigenvalue weighted by Crippen LogP contribution is -2.47. The Balaban J connectivity index is 2.13. The quantitative estimate of drug-likeness (QED) is 0.702. The zero-order valence-corrected chi connectivity index (χ0v) is 17.9. The van der Waals surface area contributed by atoms with Gasteiger partial charge in [-0.25, -0.2) is 8.42 Å². The van der Waals surface area contributed by atoms with Crippen LogP contribution in [0.3, 0.4) is 0 Å². The van der Waals surface area contributed by atoms with Crippen LogP contribution in [0.4, 0.5) is 5.69 Å². The number of nitrogens with zero attached hydrogens (tertiary/aromatic N) is 1. The fourth-order valence-electron chi connectivity index (χ4n) is 2.76. The second-order valence-corrected chi connectivity index (χ2v) is 9.04. The Morgan fingerprint density at radius 1 is 1.14 bits per heavy atom. The second kappa shape index (κ2) is 9.30. The number of hydrogen-bond donors (Lipinski definition) is 1. The lowest BCUT2D eigenvalue weighted by Gasteiger charge is -2.28. The standard InChI is InChI=1S/C20H25ClN2O4S/c1-14(2)27-19-10-5-7-16(11-19)13-22-20(24)15(3)23(28(4,25)26)18-9-6-8-17(21)12-18/h5-12,14-15H,13H2,1-4H3,(H,22,24). The normalized spacial score (nSPS) is 12.5. The molecule has 0 saturated carbocycles. The third-order valence-corrected chi connectivity index (χ3v) is 5.36. The maximum Gasteiger partial charge on any atom is 0.243 e. The maximum absolute atomic E-state index is 12.6. The van der Waals surface area contributed by atoms with Crippen molar-refractivity contribution >= 4 is 33.2 Å². The third kappa shape index (κ3) is 6.14. The van der Waals surface area contributed by atoms with Crippen molar-refractivity contribution in [3.05, 3.63) is 59.1 Å². The van der Waals surface area contributed by atoms with Crippen LogP contribution >= 0.6 is 11.6 Å². The topological polar surface area (TPSA) is 75.7 Å². The zero-order chi connectivity index (χ0) is 20.9. The zero-order valence-electron chi connectivity index (χ0n) is 16.3. The number of carbonyl (C=O) groups is 1. The van der Waals surface area contributed by atoms with E-state index in [1.807, 2.05) is 38.1 Å². The van der Waals surface area contributed by atoms with E-state index in [9.17, 15) is 13.2 Å². The first-order valence-electron chi connectivity index (χ1n) is 8.86. The van der Waals surface area contributed by atoms with Crippen LogP contribution in [-0.4, -0.2) is 32.7 Å². The Morgan fingerprint density at radius 3 is 2.43 bits per heavy atom. The van der Waals surface area contributed by atoms with Crippen molar-refractivity contribution in [3.63, 3.8) is 0 Å². The summed E-state index contributed by atoms with van der Waals surface area (Å²) in [7, 11) is -3.69. The molecule has 2 aromatic carbocycles. The van der Waals surface area contributed by atoms with Crippen molar-refractivity contribution in [3.8, 4) is 5.75 Å². The van der Waals surface area contributed by atoms with E-state index in [0.29, 0.717) is 16.5 Å². The largest absolute Gasteiger partial charge is 0.491 e. The van der Waals surface area contributed by atoms with E-state index in [-0.39, 0.29) is 12.6 Å². The van der Waals surface area contributed by atoms with E-state index < -0.39 is 22.0 Å². The molecule has 8 heteroatoms. The Hall–Kier alpha value is -2.25. The number of ether oxygens (including phenoxy) is 1. The number of halogens is 1. The van der Waals surface area contributed by atoms with Crippen molar-refractivity contribution in [2.75, 3.05) is 10.6 Å². The molecular weight excluding hydrogens is 400 g/mol. The summed E-state index contributed by atoms with van der Waals surface area (Å²) < 4.78 is 31.3. The number of amides is 1. The van der Waals surface area contributed by atoms with Gasteiger partial charge in [0.1, 0.15) is 11.8 Å². The average Bonchev–Trinajstić information content (AvgIpc) is 2.58. The molecule has 0 radical (unpaired) electrons. The van der Waals surface area contributed by atoms with Crippen molar-refractivity contribution in [2.45, 2.75) is 39.5 Å². The number of anilines is 1. The van der Waals surface area contributed by atoms with Gasteiger partial charge in [0.2, 0.25) is 15.9 Å². The first-order chi connectivity index (χ1) is 13.1. The van der Waals surface area contributed by atoms with Crippen molar-refractivity contribution in [1.82, 2.24) is 5.32 Å². The van der Waals surface area contributed by atoms with Gasteiger partial charge in [-0.15, -0.1) is 0 Å². The molecule has 1 atom stereocenters. The summed E-state index contributed by atoms with van der Waals surface area (Å²) in [5, 5.41) is 3.17. The molecule has 1 N–H and O–H groups in total. The number of nitrogens with one attached hydrogen (secondary N) is 1. The van der Waals surface area contributed by atoms with Crippen LogP contribution in [0.2, 0.25) is 5.02 Å². The van der Waals surface area contributed by atoms with Gasteiger partial charge in [0.25, 0.3) is 0 Å². The maximum atomic E-state index is 12.6. The van der Waals surface area contributed by atoms with Gasteiger partial charge < -0.3 is 10.1 Å². The lowest BCUT2D eigenvalue weighted by molar-refractivity contribution is -0.122. The molecule has 0 spiro atoms. The third-order valence-electron chi connectivity index (χ3n) is 3.89. The molecule has 1 unspecified atom stereocenters. The number of benzene rings is 2. The van der Waals surface area contributed by atoms with Gasteiger partial charge in [-0.1, -0.05) is 29.8 Å². The van der Waals surface area contributed by atoms with Gasteiger partial charge in [-0.2, -0.15) is 0 Å². The summed E-state index contributed by atoms with van der Waals surface area (Å²) in [4.78, 5) is 12.6. The molecule has 1 amide bonds. The predicted octanol–water partition coefficient (Wildman–Crippen LogP) is 3.60. The Morgan fingerprint density at radius 2 is 1.82 bits per heavy atom. The van der Waals surface area contributed by atoms with Crippen LogP contribution in [0.1, 0.15) is 26.3 Å². The molecule has 0 aliphatic heterocycles. The molecule has 0 bridgehead atoms. The Labute approximate surface area is 171 Å². The molecule has 6 nitrogen and oxygen atoms in total. The first kappa shape index (κ1) is 22.0. The van der Waals surface area contributed by atoms with Crippen molar-refractivity contribution in [2.24, 2.45) is 0 Å². The number of rotatable bonds is 8. The van der Waals surface area contributed by atoms with Crippen LogP contribution in [0, 0.1) is 0 Å². The van der Waals surface area contributed by atoms with Gasteiger partial charge in [0, 0.05) is 11.6 Å². The molecule has 0 aromatic heterocycles. The SMILES string of the molecule is CC(C)Oc1cccc(CNC(=O)C(C)N(c2cccc(Cl)c2)S(C)(=O)=O)c1. The summed E-state index contributed by atoms with van der Waals surface area (Å²) >= 11 is 5.98. The molecule has 0 fully saturated rings. The first-order valence-corrected chi connectivity index (χ1v) is 11.1. The van der Waals surface area contributed by atoms with Crippen molar-refractivity contribution < 1.29 is 17.9 Å². The summed E-state index contributed by atoms with van der Waals surface area (Å²) in [5.74, 6) is 0.298. The Kier molecular flexibility index (Phi) is 7.32. The molecule has 28 heavy (non-hydrogen) atoms. The number of sulfonamides is 1. The molecule has 0 aliphatic carbocycles. The molecule has 0 aliphatic rings. The molecule has 0 heterocycles. The smallest absolute Gasteiger partial charge is 0.243 e. The highest BCUT2D eigenvalue weighted by molar-refractivity contribution is 7.92. The molecule has 2 rings (SSSR count). The van der Waals surface area contributed by atoms with Crippen molar-refractivity contribution in [1.29, 1.82) is 0 Å². The summed E-state index contributed by atoms with van der Waals surface area (Å²) in [6.45, 7) is 5.67. The molecule has 152 valence electrons.